The van der Waals surface area contributed by atoms with Crippen LogP contribution in [-0.4, -0.2) is 32.7 Å². The average Bonchev–Trinajstić information content (AvgIpc) is 2.85. The summed E-state index contributed by atoms with van der Waals surface area (Å²) >= 11 is 0. The molecule has 0 heterocycles. The van der Waals surface area contributed by atoms with Crippen molar-refractivity contribution in [3.8, 4) is 0 Å². The largest absolute Gasteiger partial charge is 3.00 e. The molecule has 175 valence electrons. The molecule has 1 radical (unpaired) electrons. The van der Waals surface area contributed by atoms with Crippen LogP contribution in [0.2, 0.25) is 0 Å². The monoisotopic (exact) mass is 569 g/mol. The average molecular weight is 570 g/mol. The summed E-state index contributed by atoms with van der Waals surface area (Å²) in [5.74, 6) is 0. The normalized spacial score (nSPS) is 22.3. The minimum Gasteiger partial charge on any atom is -0.739 e. The predicted octanol–water partition coefficient (Wildman–Crippen LogP) is 5.34. The maximum atomic E-state index is 10.6. The van der Waals surface area contributed by atoms with Gasteiger partial charge in [-0.2, -0.15) is 0 Å². The van der Waals surface area contributed by atoms with E-state index in [0.29, 0.717) is 14.6 Å². The van der Waals surface area contributed by atoms with Gasteiger partial charge in [-0.3, -0.25) is 0 Å². The topological polar surface area (TPSA) is 184 Å². The van der Waals surface area contributed by atoms with Gasteiger partial charge >= 0.3 is 41.7 Å². The molecule has 31 heavy (non-hydrogen) atoms. The third-order valence-electron chi connectivity index (χ3n) is 5.90. The smallest absolute Gasteiger partial charge is 0.739 e. The molecule has 0 atom stereocenters. The molecule has 0 amide bonds. The van der Waals surface area contributed by atoms with Gasteiger partial charge in [0.2, 0.25) is 0 Å². The summed E-state index contributed by atoms with van der Waals surface area (Å²) in [4.78, 5) is 0.914. The molecule has 0 spiro atoms. The summed E-state index contributed by atoms with van der Waals surface area (Å²) in [7, 11) is 0. The van der Waals surface area contributed by atoms with Gasteiger partial charge in [0, 0.05) is 38.5 Å². The zero-order valence-corrected chi connectivity index (χ0v) is 21.1. The predicted molar refractivity (Wildman–Crippen MR) is 109 cm³/mol. The van der Waals surface area contributed by atoms with Gasteiger partial charge in [0.05, 0.1) is 0 Å². The third kappa shape index (κ3) is 12.6. The molecule has 0 bridgehead atoms. The number of hydrogen-bond donors (Lipinski definition) is 0. The van der Waals surface area contributed by atoms with Gasteiger partial charge in [0.1, 0.15) is 0 Å². The van der Waals surface area contributed by atoms with Crippen LogP contribution in [0.4, 0.5) is 0 Å². The van der Waals surface area contributed by atoms with Crippen LogP contribution in [0, 0.1) is 73.0 Å². The van der Waals surface area contributed by atoms with Crippen molar-refractivity contribution in [1.29, 1.82) is 0 Å². The minimum absolute atomic E-state index is 0. The maximum Gasteiger partial charge on any atom is 3.00 e. The van der Waals surface area contributed by atoms with Crippen LogP contribution < -0.4 is 0 Å². The van der Waals surface area contributed by atoms with Gasteiger partial charge in [0.15, 0.2) is 18.1 Å². The van der Waals surface area contributed by atoms with Crippen molar-refractivity contribution in [2.75, 3.05) is 0 Å². The van der Waals surface area contributed by atoms with Gasteiger partial charge in [-0.25, -0.2) is 0 Å². The van der Waals surface area contributed by atoms with Crippen molar-refractivity contribution < 1.29 is 56.3 Å². The van der Waals surface area contributed by atoms with Crippen LogP contribution in [0.5, 0.6) is 0 Å². The van der Waals surface area contributed by atoms with Gasteiger partial charge in [-0.05, 0) is 54.4 Å². The Balaban J connectivity index is 0.000000429. The quantitative estimate of drug-likeness (QED) is 0.251. The fraction of sp³-hybridized carbons (Fsp3) is 1.00. The Morgan fingerprint density at radius 3 is 0.774 bits per heavy atom. The van der Waals surface area contributed by atoms with Crippen LogP contribution in [0.3, 0.4) is 0 Å². The summed E-state index contributed by atoms with van der Waals surface area (Å²) < 4.78 is 0. The van der Waals surface area contributed by atoms with E-state index in [1.807, 2.05) is 0 Å². The first-order valence-corrected chi connectivity index (χ1v) is 10.9. The fourth-order valence-electron chi connectivity index (χ4n) is 4.11. The molecule has 0 aromatic heterocycles. The first kappa shape index (κ1) is 30.0. The molecule has 0 N–H and O–H groups in total. The van der Waals surface area contributed by atoms with Crippen LogP contribution >= 0.6 is 0 Å². The van der Waals surface area contributed by atoms with E-state index in [0.717, 1.165) is 77.0 Å². The molecule has 3 aliphatic rings. The minimum atomic E-state index is -0.133. The summed E-state index contributed by atoms with van der Waals surface area (Å²) in [6.07, 6.45) is 14.8. The molecule has 3 rings (SSSR count). The SMILES string of the molecule is [Ce+3].[O-]/N=[N+](\[O-])C1CCCCC1.[O-]/N=[N+](\[O-])C1CCCCC1.[O-]/N=[N+](\[O-])C1CCCCC1. The molecule has 3 saturated carbocycles. The molecule has 3 fully saturated rings. The van der Waals surface area contributed by atoms with Crippen molar-refractivity contribution in [3.63, 3.8) is 0 Å². The second kappa shape index (κ2) is 18.5. The van der Waals surface area contributed by atoms with E-state index in [1.165, 1.54) is 19.3 Å². The van der Waals surface area contributed by atoms with E-state index >= 15 is 0 Å². The number of hydrogen-bond acceptors (Lipinski definition) is 9. The van der Waals surface area contributed by atoms with E-state index in [9.17, 15) is 31.2 Å². The van der Waals surface area contributed by atoms with Gasteiger partial charge in [-0.15, -0.1) is 0 Å². The molecular formula is C18H33CeN6O6. The van der Waals surface area contributed by atoms with Crippen LogP contribution in [-0.2, 0) is 0 Å². The second-order valence-electron chi connectivity index (χ2n) is 8.03. The second-order valence-corrected chi connectivity index (χ2v) is 8.03. The van der Waals surface area contributed by atoms with Crippen LogP contribution in [0.25, 0.3) is 0 Å². The summed E-state index contributed by atoms with van der Waals surface area (Å²) in [6.45, 7) is 0. The Hall–Kier alpha value is -1.02. The first-order chi connectivity index (χ1) is 14.5. The van der Waals surface area contributed by atoms with Crippen molar-refractivity contribution in [2.24, 2.45) is 15.8 Å². The fourth-order valence-corrected chi connectivity index (χ4v) is 4.11. The Bertz CT molecular complexity index is 472. The van der Waals surface area contributed by atoms with Crippen molar-refractivity contribution >= 4 is 0 Å². The third-order valence-corrected chi connectivity index (χ3v) is 5.90. The van der Waals surface area contributed by atoms with Crippen molar-refractivity contribution in [1.82, 2.24) is 0 Å². The van der Waals surface area contributed by atoms with Crippen molar-refractivity contribution in [2.45, 2.75) is 114 Å². The molecule has 12 nitrogen and oxygen atoms in total. The van der Waals surface area contributed by atoms with Gasteiger partial charge in [-0.1, -0.05) is 33.8 Å². The number of nitrogens with zero attached hydrogens (tertiary/aromatic N) is 6. The molecule has 13 heteroatoms. The molecule has 3 aliphatic carbocycles. The Labute approximate surface area is 216 Å². The summed E-state index contributed by atoms with van der Waals surface area (Å²) in [5, 5.41) is 68.1. The molecule has 0 aromatic rings. The number of rotatable bonds is 3. The van der Waals surface area contributed by atoms with Crippen LogP contribution in [0.1, 0.15) is 96.3 Å². The Morgan fingerprint density at radius 2 is 0.613 bits per heavy atom. The Morgan fingerprint density at radius 1 is 0.419 bits per heavy atom. The zero-order chi connectivity index (χ0) is 22.2. The first-order valence-electron chi connectivity index (χ1n) is 10.9. The van der Waals surface area contributed by atoms with Gasteiger partial charge in [0.25, 0.3) is 0 Å². The molecule has 0 aliphatic heterocycles. The molecule has 0 saturated heterocycles. The molecule has 0 aromatic carbocycles. The standard InChI is InChI=1S/3C6H12N2O2.Ce/c3*9-7-8(10)6-4-2-1-3-5-6;/h3*6,9H,1-5H2;/q;;;+3/p-3/b3*8-7-;. The maximum absolute atomic E-state index is 10.6. The summed E-state index contributed by atoms with van der Waals surface area (Å²) in [5.41, 5.74) is 0. The van der Waals surface area contributed by atoms with E-state index in [4.69, 9.17) is 0 Å². The van der Waals surface area contributed by atoms with Gasteiger partial charge < -0.3 is 31.2 Å². The van der Waals surface area contributed by atoms with E-state index < -0.39 is 0 Å². The molecule has 0 unspecified atom stereocenters. The number of hydroxylamine groups is 3. The summed E-state index contributed by atoms with van der Waals surface area (Å²) in [6, 6.07) is -0.399. The van der Waals surface area contributed by atoms with E-state index in [-0.39, 0.29) is 59.9 Å². The van der Waals surface area contributed by atoms with E-state index in [2.05, 4.69) is 15.8 Å². The van der Waals surface area contributed by atoms with E-state index in [1.54, 1.807) is 0 Å². The Kier molecular flexibility index (Phi) is 17.9. The zero-order valence-electron chi connectivity index (χ0n) is 18.0. The van der Waals surface area contributed by atoms with Crippen LogP contribution in [0.15, 0.2) is 15.8 Å². The molecular weight excluding hydrogens is 536 g/mol. The van der Waals surface area contributed by atoms with Crippen molar-refractivity contribution in [3.05, 3.63) is 31.2 Å².